The van der Waals surface area contributed by atoms with E-state index in [1.807, 2.05) is 0 Å². The highest BCUT2D eigenvalue weighted by Crippen LogP contribution is 2.35. The Balaban J connectivity index is 1.83. The van der Waals surface area contributed by atoms with Gasteiger partial charge < -0.3 is 14.5 Å². The highest BCUT2D eigenvalue weighted by Gasteiger charge is 2.29. The van der Waals surface area contributed by atoms with Crippen LogP contribution >= 0.6 is 0 Å². The number of oxazole rings is 1. The zero-order valence-corrected chi connectivity index (χ0v) is 17.0. The summed E-state index contributed by atoms with van der Waals surface area (Å²) in [4.78, 5) is 3.89. The van der Waals surface area contributed by atoms with Gasteiger partial charge in [-0.3, -0.25) is 0 Å². The molecule has 31 heavy (non-hydrogen) atoms. The maximum atomic E-state index is 14.3. The van der Waals surface area contributed by atoms with E-state index in [2.05, 4.69) is 10.3 Å². The lowest BCUT2D eigenvalue weighted by atomic mass is 10.2. The molecular weight excluding hydrogens is 426 g/mol. The van der Waals surface area contributed by atoms with Crippen molar-refractivity contribution >= 4 is 21.4 Å². The van der Waals surface area contributed by atoms with E-state index in [0.717, 1.165) is 24.3 Å². The minimum absolute atomic E-state index is 0.000775. The lowest BCUT2D eigenvalue weighted by Crippen LogP contribution is -2.05. The van der Waals surface area contributed by atoms with Gasteiger partial charge in [0.2, 0.25) is 26.6 Å². The number of anilines is 2. The molecule has 9 heteroatoms. The molecule has 0 saturated heterocycles. The molecule has 0 bridgehead atoms. The third-order valence-corrected chi connectivity index (χ3v) is 6.11. The van der Waals surface area contributed by atoms with Crippen LogP contribution in [0.4, 0.5) is 20.4 Å². The quantitative estimate of drug-likeness (QED) is 0.413. The Labute approximate surface area is 177 Å². The van der Waals surface area contributed by atoms with E-state index < -0.39 is 26.5 Å². The van der Waals surface area contributed by atoms with Gasteiger partial charge in [0.15, 0.2) is 0 Å². The summed E-state index contributed by atoms with van der Waals surface area (Å²) in [5, 5.41) is 2.41. The first-order valence-corrected chi connectivity index (χ1v) is 10.5. The molecule has 0 saturated carbocycles. The fourth-order valence-electron chi connectivity index (χ4n) is 2.85. The average molecular weight is 442 g/mol. The van der Waals surface area contributed by atoms with E-state index in [1.165, 1.54) is 25.3 Å². The van der Waals surface area contributed by atoms with Gasteiger partial charge in [0, 0.05) is 5.69 Å². The highest BCUT2D eigenvalue weighted by atomic mass is 32.2. The number of nitrogens with zero attached hydrogens (tertiary/aromatic N) is 1. The van der Waals surface area contributed by atoms with Crippen molar-refractivity contribution in [1.29, 1.82) is 0 Å². The van der Waals surface area contributed by atoms with Crippen molar-refractivity contribution in [2.45, 2.75) is 9.92 Å². The second-order valence-corrected chi connectivity index (χ2v) is 8.31. The number of benzene rings is 3. The standard InChI is InChI=1S/C22H16F2N2O4S/c1-29-16-10-8-15(9-11-16)25-21-22(31(27,28)17-12-6-14(23)7-13-17)26-20(30-21)18-4-2-3-5-19(18)24/h2-13,25H,1H3. The SMILES string of the molecule is COc1ccc(Nc2oc(-c3ccccc3F)nc2S(=O)(=O)c2ccc(F)cc2)cc1. The second kappa shape index (κ2) is 8.19. The molecule has 4 aromatic rings. The highest BCUT2D eigenvalue weighted by molar-refractivity contribution is 7.91. The predicted molar refractivity (Wildman–Crippen MR) is 110 cm³/mol. The van der Waals surface area contributed by atoms with Gasteiger partial charge in [0.1, 0.15) is 17.4 Å². The van der Waals surface area contributed by atoms with E-state index in [-0.39, 0.29) is 22.2 Å². The van der Waals surface area contributed by atoms with Crippen LogP contribution in [0.25, 0.3) is 11.5 Å². The van der Waals surface area contributed by atoms with E-state index >= 15 is 0 Å². The van der Waals surface area contributed by atoms with Crippen molar-refractivity contribution in [2.75, 3.05) is 12.4 Å². The van der Waals surface area contributed by atoms with E-state index in [9.17, 15) is 17.2 Å². The fourth-order valence-corrected chi connectivity index (χ4v) is 4.11. The number of aromatic nitrogens is 1. The van der Waals surface area contributed by atoms with Gasteiger partial charge in [0.25, 0.3) is 0 Å². The molecule has 0 aliphatic rings. The third kappa shape index (κ3) is 4.13. The summed E-state index contributed by atoms with van der Waals surface area (Å²) in [6.07, 6.45) is 0. The summed E-state index contributed by atoms with van der Waals surface area (Å²) in [6.45, 7) is 0. The topological polar surface area (TPSA) is 81.4 Å². The molecule has 1 aromatic heterocycles. The summed E-state index contributed by atoms with van der Waals surface area (Å²) in [5.74, 6) is -1.01. The summed E-state index contributed by atoms with van der Waals surface area (Å²) >= 11 is 0. The van der Waals surface area contributed by atoms with Crippen molar-refractivity contribution in [2.24, 2.45) is 0 Å². The van der Waals surface area contributed by atoms with Crippen molar-refractivity contribution in [3.05, 3.63) is 84.4 Å². The van der Waals surface area contributed by atoms with E-state index in [4.69, 9.17) is 9.15 Å². The minimum Gasteiger partial charge on any atom is -0.497 e. The number of sulfone groups is 1. The Morgan fingerprint density at radius 2 is 1.61 bits per heavy atom. The first-order chi connectivity index (χ1) is 14.9. The molecule has 1 heterocycles. The van der Waals surface area contributed by atoms with Crippen LogP contribution in [0.5, 0.6) is 5.75 Å². The van der Waals surface area contributed by atoms with Gasteiger partial charge in [-0.2, -0.15) is 4.98 Å². The summed E-state index contributed by atoms with van der Waals surface area (Å²) in [6, 6.07) is 16.7. The number of methoxy groups -OCH3 is 1. The summed E-state index contributed by atoms with van der Waals surface area (Å²) in [7, 11) is -2.68. The number of rotatable bonds is 6. The van der Waals surface area contributed by atoms with E-state index in [1.54, 1.807) is 30.3 Å². The van der Waals surface area contributed by atoms with Crippen LogP contribution in [0.3, 0.4) is 0 Å². The van der Waals surface area contributed by atoms with Crippen LogP contribution in [0.15, 0.2) is 87.1 Å². The molecule has 6 nitrogen and oxygen atoms in total. The van der Waals surface area contributed by atoms with Gasteiger partial charge in [-0.05, 0) is 60.7 Å². The van der Waals surface area contributed by atoms with Gasteiger partial charge in [-0.1, -0.05) is 12.1 Å². The smallest absolute Gasteiger partial charge is 0.238 e. The number of hydrogen-bond donors (Lipinski definition) is 1. The fraction of sp³-hybridized carbons (Fsp3) is 0.0455. The molecule has 0 spiro atoms. The summed E-state index contributed by atoms with van der Waals surface area (Å²) in [5.41, 5.74) is 0.494. The molecular formula is C22H16F2N2O4S. The summed E-state index contributed by atoms with van der Waals surface area (Å²) < 4.78 is 64.7. The Hall–Kier alpha value is -3.72. The number of hydrogen-bond acceptors (Lipinski definition) is 6. The third-order valence-electron chi connectivity index (χ3n) is 4.43. The van der Waals surface area contributed by atoms with E-state index in [0.29, 0.717) is 11.4 Å². The Morgan fingerprint density at radius 1 is 0.935 bits per heavy atom. The Bertz CT molecular complexity index is 1320. The second-order valence-electron chi connectivity index (χ2n) is 6.44. The molecule has 0 radical (unpaired) electrons. The average Bonchev–Trinajstić information content (AvgIpc) is 3.19. The molecule has 3 aromatic carbocycles. The van der Waals surface area contributed by atoms with Gasteiger partial charge >= 0.3 is 0 Å². The molecule has 0 unspecified atom stereocenters. The van der Waals surface area contributed by atoms with Gasteiger partial charge in [-0.15, -0.1) is 0 Å². The lowest BCUT2D eigenvalue weighted by Gasteiger charge is -2.07. The van der Waals surface area contributed by atoms with Crippen LogP contribution in [-0.4, -0.2) is 20.5 Å². The Morgan fingerprint density at radius 3 is 2.26 bits per heavy atom. The molecule has 0 aliphatic carbocycles. The number of ether oxygens (including phenoxy) is 1. The van der Waals surface area contributed by atoms with Crippen molar-refractivity contribution < 1.29 is 26.4 Å². The number of nitrogens with one attached hydrogen (secondary N) is 1. The van der Waals surface area contributed by atoms with Crippen molar-refractivity contribution in [1.82, 2.24) is 4.98 Å². The molecule has 0 fully saturated rings. The van der Waals surface area contributed by atoms with Crippen molar-refractivity contribution in [3.63, 3.8) is 0 Å². The molecule has 158 valence electrons. The van der Waals surface area contributed by atoms with Crippen molar-refractivity contribution in [3.8, 4) is 17.2 Å². The molecule has 0 aliphatic heterocycles. The van der Waals surface area contributed by atoms with Crippen LogP contribution in [0, 0.1) is 11.6 Å². The zero-order valence-electron chi connectivity index (χ0n) is 16.2. The minimum atomic E-state index is -4.20. The molecule has 1 N–H and O–H groups in total. The molecule has 4 rings (SSSR count). The monoisotopic (exact) mass is 442 g/mol. The van der Waals surface area contributed by atoms with Crippen LogP contribution in [0.2, 0.25) is 0 Å². The van der Waals surface area contributed by atoms with Gasteiger partial charge in [-0.25, -0.2) is 17.2 Å². The molecule has 0 amide bonds. The maximum Gasteiger partial charge on any atom is 0.238 e. The lowest BCUT2D eigenvalue weighted by molar-refractivity contribution is 0.415. The van der Waals surface area contributed by atoms with Gasteiger partial charge in [0.05, 0.1) is 17.6 Å². The van der Waals surface area contributed by atoms with Crippen LogP contribution in [0.1, 0.15) is 0 Å². The number of halogens is 2. The first kappa shape index (κ1) is 20.5. The first-order valence-electron chi connectivity index (χ1n) is 9.06. The zero-order chi connectivity index (χ0) is 22.0. The molecule has 0 atom stereocenters. The predicted octanol–water partition coefficient (Wildman–Crippen LogP) is 5.20. The maximum absolute atomic E-state index is 14.3. The Kier molecular flexibility index (Phi) is 5.43. The normalized spacial score (nSPS) is 11.3. The van der Waals surface area contributed by atoms with Crippen LogP contribution in [-0.2, 0) is 9.84 Å². The largest absolute Gasteiger partial charge is 0.497 e. The van der Waals surface area contributed by atoms with Crippen LogP contribution < -0.4 is 10.1 Å².